The van der Waals surface area contributed by atoms with Crippen LogP contribution in [0.4, 0.5) is 11.6 Å². The highest BCUT2D eigenvalue weighted by Crippen LogP contribution is 2.24. The number of rotatable bonds is 5. The molecule has 0 radical (unpaired) electrons. The monoisotopic (exact) mass is 243 g/mol. The Kier molecular flexibility index (Phi) is 4.03. The van der Waals surface area contributed by atoms with Gasteiger partial charge in [0.05, 0.1) is 5.69 Å². The number of benzene rings is 1. The summed E-state index contributed by atoms with van der Waals surface area (Å²) in [6.07, 6.45) is 4.37. The second-order valence-electron chi connectivity index (χ2n) is 4.57. The van der Waals surface area contributed by atoms with Crippen LogP contribution in [0.3, 0.4) is 0 Å². The molecule has 0 aliphatic carbocycles. The van der Waals surface area contributed by atoms with Crippen molar-refractivity contribution >= 4 is 11.6 Å². The smallest absolute Gasteiger partial charge is 0.207 e. The van der Waals surface area contributed by atoms with Crippen LogP contribution in [0.1, 0.15) is 38.4 Å². The summed E-state index contributed by atoms with van der Waals surface area (Å²) in [6.45, 7) is 6.47. The third-order valence-corrected chi connectivity index (χ3v) is 3.22. The van der Waals surface area contributed by atoms with E-state index in [0.717, 1.165) is 30.2 Å². The molecule has 1 aromatic carbocycles. The number of nitrogens with zero attached hydrogens (tertiary/aromatic N) is 2. The van der Waals surface area contributed by atoms with Crippen LogP contribution in [0, 0.1) is 6.92 Å². The number of nitrogens with one attached hydrogen (secondary N) is 1. The van der Waals surface area contributed by atoms with Crippen molar-refractivity contribution in [2.75, 3.05) is 5.32 Å². The number of anilines is 2. The van der Waals surface area contributed by atoms with Gasteiger partial charge in [0.1, 0.15) is 0 Å². The lowest BCUT2D eigenvalue weighted by molar-refractivity contribution is 0.476. The standard InChI is InChI=1S/C15H21N3/c1-4-14(5-2)18-11-12(3)16-15(18)17-13-9-7-6-8-10-13/h6-11,14H,4-5H2,1-3H3,(H,16,17). The van der Waals surface area contributed by atoms with E-state index in [2.05, 4.69) is 47.0 Å². The van der Waals surface area contributed by atoms with Crippen LogP contribution < -0.4 is 5.32 Å². The van der Waals surface area contributed by atoms with Crippen LogP contribution in [0.25, 0.3) is 0 Å². The van der Waals surface area contributed by atoms with E-state index < -0.39 is 0 Å². The normalized spacial score (nSPS) is 10.9. The number of para-hydroxylation sites is 1. The Labute approximate surface area is 109 Å². The number of hydrogen-bond acceptors (Lipinski definition) is 2. The summed E-state index contributed by atoms with van der Waals surface area (Å²) in [5.41, 5.74) is 2.13. The quantitative estimate of drug-likeness (QED) is 0.848. The van der Waals surface area contributed by atoms with Crippen molar-refractivity contribution in [3.05, 3.63) is 42.2 Å². The molecule has 0 amide bonds. The first-order chi connectivity index (χ1) is 8.74. The molecule has 18 heavy (non-hydrogen) atoms. The minimum atomic E-state index is 0.511. The van der Waals surface area contributed by atoms with Crippen LogP contribution in [0.2, 0.25) is 0 Å². The second-order valence-corrected chi connectivity index (χ2v) is 4.57. The summed E-state index contributed by atoms with van der Waals surface area (Å²) in [5, 5.41) is 3.39. The van der Waals surface area contributed by atoms with Crippen LogP contribution >= 0.6 is 0 Å². The number of aromatic nitrogens is 2. The molecule has 0 saturated heterocycles. The molecular formula is C15H21N3. The summed E-state index contributed by atoms with van der Waals surface area (Å²) in [5.74, 6) is 0.937. The van der Waals surface area contributed by atoms with Gasteiger partial charge in [-0.3, -0.25) is 0 Å². The SMILES string of the molecule is CCC(CC)n1cc(C)nc1Nc1ccccc1. The average Bonchev–Trinajstić information content (AvgIpc) is 2.73. The minimum Gasteiger partial charge on any atom is -0.326 e. The maximum absolute atomic E-state index is 4.57. The molecule has 0 aliphatic rings. The maximum Gasteiger partial charge on any atom is 0.207 e. The molecule has 0 aliphatic heterocycles. The molecule has 1 heterocycles. The molecule has 3 nitrogen and oxygen atoms in total. The Hall–Kier alpha value is -1.77. The van der Waals surface area contributed by atoms with Gasteiger partial charge >= 0.3 is 0 Å². The predicted octanol–water partition coefficient (Wildman–Crippen LogP) is 4.30. The molecule has 2 aromatic rings. The van der Waals surface area contributed by atoms with Gasteiger partial charge in [0.25, 0.3) is 0 Å². The zero-order chi connectivity index (χ0) is 13.0. The zero-order valence-electron chi connectivity index (χ0n) is 11.4. The lowest BCUT2D eigenvalue weighted by Gasteiger charge is -2.17. The molecule has 0 bridgehead atoms. The Bertz CT molecular complexity index is 484. The van der Waals surface area contributed by atoms with Crippen molar-refractivity contribution in [1.82, 2.24) is 9.55 Å². The van der Waals surface area contributed by atoms with Crippen molar-refractivity contribution in [3.63, 3.8) is 0 Å². The fraction of sp³-hybridized carbons (Fsp3) is 0.400. The Balaban J connectivity index is 2.27. The fourth-order valence-electron chi connectivity index (χ4n) is 2.22. The van der Waals surface area contributed by atoms with E-state index in [9.17, 15) is 0 Å². The summed E-state index contributed by atoms with van der Waals surface area (Å²) in [7, 11) is 0. The van der Waals surface area contributed by atoms with Gasteiger partial charge in [-0.25, -0.2) is 4.98 Å². The van der Waals surface area contributed by atoms with Crippen molar-refractivity contribution < 1.29 is 0 Å². The Morgan fingerprint density at radius 2 is 1.83 bits per heavy atom. The van der Waals surface area contributed by atoms with Gasteiger partial charge in [-0.05, 0) is 31.9 Å². The first-order valence-electron chi connectivity index (χ1n) is 6.62. The molecule has 0 saturated carbocycles. The molecule has 1 aromatic heterocycles. The van der Waals surface area contributed by atoms with Gasteiger partial charge in [-0.2, -0.15) is 0 Å². The first-order valence-corrected chi connectivity index (χ1v) is 6.62. The van der Waals surface area contributed by atoms with Gasteiger partial charge in [-0.15, -0.1) is 0 Å². The van der Waals surface area contributed by atoms with E-state index in [1.54, 1.807) is 0 Å². The molecular weight excluding hydrogens is 222 g/mol. The second kappa shape index (κ2) is 5.71. The average molecular weight is 243 g/mol. The number of hydrogen-bond donors (Lipinski definition) is 1. The molecule has 1 N–H and O–H groups in total. The molecule has 3 heteroatoms. The van der Waals surface area contributed by atoms with E-state index >= 15 is 0 Å². The van der Waals surface area contributed by atoms with Gasteiger partial charge in [-0.1, -0.05) is 32.0 Å². The summed E-state index contributed by atoms with van der Waals surface area (Å²) in [4.78, 5) is 4.57. The van der Waals surface area contributed by atoms with Gasteiger partial charge in [0.2, 0.25) is 5.95 Å². The van der Waals surface area contributed by atoms with Crippen LogP contribution in [0.15, 0.2) is 36.5 Å². The third-order valence-electron chi connectivity index (χ3n) is 3.22. The summed E-state index contributed by atoms with van der Waals surface area (Å²) in [6, 6.07) is 10.7. The minimum absolute atomic E-state index is 0.511. The molecule has 2 rings (SSSR count). The Morgan fingerprint density at radius 1 is 1.17 bits per heavy atom. The van der Waals surface area contributed by atoms with Crippen molar-refractivity contribution in [1.29, 1.82) is 0 Å². The highest BCUT2D eigenvalue weighted by molar-refractivity contribution is 5.53. The van der Waals surface area contributed by atoms with Crippen LogP contribution in [0.5, 0.6) is 0 Å². The fourth-order valence-corrected chi connectivity index (χ4v) is 2.22. The van der Waals surface area contributed by atoms with Crippen LogP contribution in [-0.2, 0) is 0 Å². The molecule has 0 unspecified atom stereocenters. The van der Waals surface area contributed by atoms with E-state index in [-0.39, 0.29) is 0 Å². The summed E-state index contributed by atoms with van der Waals surface area (Å²) >= 11 is 0. The van der Waals surface area contributed by atoms with Crippen molar-refractivity contribution in [3.8, 4) is 0 Å². The van der Waals surface area contributed by atoms with Gasteiger partial charge in [0.15, 0.2) is 0 Å². The summed E-state index contributed by atoms with van der Waals surface area (Å²) < 4.78 is 2.25. The lowest BCUT2D eigenvalue weighted by atomic mass is 10.2. The van der Waals surface area contributed by atoms with E-state index in [1.165, 1.54) is 0 Å². The number of imidazole rings is 1. The van der Waals surface area contributed by atoms with Gasteiger partial charge in [0, 0.05) is 17.9 Å². The highest BCUT2D eigenvalue weighted by Gasteiger charge is 2.12. The lowest BCUT2D eigenvalue weighted by Crippen LogP contribution is -2.09. The largest absolute Gasteiger partial charge is 0.326 e. The molecule has 0 spiro atoms. The Morgan fingerprint density at radius 3 is 2.44 bits per heavy atom. The third kappa shape index (κ3) is 2.73. The zero-order valence-corrected chi connectivity index (χ0v) is 11.4. The van der Waals surface area contributed by atoms with Crippen molar-refractivity contribution in [2.45, 2.75) is 39.7 Å². The first kappa shape index (κ1) is 12.7. The van der Waals surface area contributed by atoms with Crippen LogP contribution in [-0.4, -0.2) is 9.55 Å². The molecule has 0 atom stereocenters. The van der Waals surface area contributed by atoms with E-state index in [0.29, 0.717) is 6.04 Å². The predicted molar refractivity (Wildman–Crippen MR) is 76.3 cm³/mol. The van der Waals surface area contributed by atoms with E-state index in [4.69, 9.17) is 0 Å². The van der Waals surface area contributed by atoms with Gasteiger partial charge < -0.3 is 9.88 Å². The molecule has 96 valence electrons. The number of aryl methyl sites for hydroxylation is 1. The van der Waals surface area contributed by atoms with E-state index in [1.807, 2.05) is 25.1 Å². The highest BCUT2D eigenvalue weighted by atomic mass is 15.2. The topological polar surface area (TPSA) is 29.9 Å². The van der Waals surface area contributed by atoms with Crippen molar-refractivity contribution in [2.24, 2.45) is 0 Å². The maximum atomic E-state index is 4.57. The molecule has 0 fully saturated rings.